The molecule has 0 saturated heterocycles. The van der Waals surface area contributed by atoms with Gasteiger partial charge in [0.25, 0.3) is 0 Å². The van der Waals surface area contributed by atoms with Crippen molar-refractivity contribution in [2.45, 2.75) is 19.8 Å². The van der Waals surface area contributed by atoms with E-state index in [0.29, 0.717) is 0 Å². The van der Waals surface area contributed by atoms with Crippen LogP contribution < -0.4 is 5.32 Å². The van der Waals surface area contributed by atoms with Gasteiger partial charge in [-0.2, -0.15) is 0 Å². The molecular formula is C14H24N2. The Balaban J connectivity index is 2.31. The first-order valence-corrected chi connectivity index (χ1v) is 6.27. The molecule has 0 spiro atoms. The number of likely N-dealkylation sites (N-methyl/N-ethyl adjacent to an activating group) is 1. The van der Waals surface area contributed by atoms with Crippen molar-refractivity contribution >= 4 is 0 Å². The first-order chi connectivity index (χ1) is 7.86. The van der Waals surface area contributed by atoms with Gasteiger partial charge in [0.15, 0.2) is 0 Å². The third-order valence-electron chi connectivity index (χ3n) is 2.78. The van der Waals surface area contributed by atoms with E-state index in [0.717, 1.165) is 19.5 Å². The van der Waals surface area contributed by atoms with Crippen molar-refractivity contribution in [3.05, 3.63) is 35.9 Å². The first kappa shape index (κ1) is 13.2. The monoisotopic (exact) mass is 220 g/mol. The highest BCUT2D eigenvalue weighted by Gasteiger charge is 2.02. The maximum atomic E-state index is 3.21. The van der Waals surface area contributed by atoms with Crippen LogP contribution >= 0.6 is 0 Å². The molecule has 1 aromatic rings. The van der Waals surface area contributed by atoms with Crippen LogP contribution in [0.25, 0.3) is 0 Å². The smallest absolute Gasteiger partial charge is 0.0107 e. The molecule has 1 N–H and O–H groups in total. The molecule has 0 unspecified atom stereocenters. The molecule has 0 aromatic heterocycles. The summed E-state index contributed by atoms with van der Waals surface area (Å²) in [6.07, 6.45) is 2.39. The third-order valence-corrected chi connectivity index (χ3v) is 2.78. The van der Waals surface area contributed by atoms with Gasteiger partial charge in [-0.05, 0) is 32.0 Å². The first-order valence-electron chi connectivity index (χ1n) is 6.27. The van der Waals surface area contributed by atoms with Crippen LogP contribution in [-0.4, -0.2) is 38.1 Å². The van der Waals surface area contributed by atoms with Gasteiger partial charge in [-0.25, -0.2) is 0 Å². The average Bonchev–Trinajstić information content (AvgIpc) is 2.34. The lowest BCUT2D eigenvalue weighted by Crippen LogP contribution is -2.33. The maximum Gasteiger partial charge on any atom is 0.0107 e. The fourth-order valence-corrected chi connectivity index (χ4v) is 1.85. The molecule has 0 aliphatic carbocycles. The lowest BCUT2D eigenvalue weighted by Gasteiger charge is -2.21. The van der Waals surface area contributed by atoms with Crippen LogP contribution in [0.1, 0.15) is 18.9 Å². The molecule has 90 valence electrons. The molecule has 1 aromatic carbocycles. The minimum Gasteiger partial charge on any atom is -0.318 e. The minimum atomic E-state index is 1.08. The Hall–Kier alpha value is -0.860. The van der Waals surface area contributed by atoms with Crippen LogP contribution in [0.5, 0.6) is 0 Å². The van der Waals surface area contributed by atoms with Crippen LogP contribution in [0.4, 0.5) is 0 Å². The van der Waals surface area contributed by atoms with E-state index in [1.54, 1.807) is 0 Å². The predicted octanol–water partition coefficient (Wildman–Crippen LogP) is 2.16. The van der Waals surface area contributed by atoms with E-state index in [1.807, 2.05) is 7.05 Å². The van der Waals surface area contributed by atoms with E-state index in [4.69, 9.17) is 0 Å². The molecule has 0 aliphatic heterocycles. The molecule has 16 heavy (non-hydrogen) atoms. The second kappa shape index (κ2) is 8.31. The topological polar surface area (TPSA) is 15.3 Å². The molecule has 0 aliphatic rings. The molecule has 1 rings (SSSR count). The summed E-state index contributed by atoms with van der Waals surface area (Å²) in [4.78, 5) is 2.53. The highest BCUT2D eigenvalue weighted by molar-refractivity contribution is 5.14. The van der Waals surface area contributed by atoms with E-state index in [2.05, 4.69) is 47.5 Å². The van der Waals surface area contributed by atoms with Gasteiger partial charge in [-0.1, -0.05) is 37.3 Å². The molecule has 0 heterocycles. The largest absolute Gasteiger partial charge is 0.318 e. The van der Waals surface area contributed by atoms with Gasteiger partial charge in [0.1, 0.15) is 0 Å². The summed E-state index contributed by atoms with van der Waals surface area (Å²) in [5.74, 6) is 0. The van der Waals surface area contributed by atoms with Crippen LogP contribution in [0, 0.1) is 0 Å². The number of nitrogens with one attached hydrogen (secondary N) is 1. The highest BCUT2D eigenvalue weighted by atomic mass is 15.1. The molecule has 0 atom stereocenters. The van der Waals surface area contributed by atoms with Crippen LogP contribution in [0.15, 0.2) is 30.3 Å². The average molecular weight is 220 g/mol. The van der Waals surface area contributed by atoms with Crippen molar-refractivity contribution in [1.82, 2.24) is 10.2 Å². The molecule has 0 amide bonds. The number of benzene rings is 1. The molecule has 0 bridgehead atoms. The van der Waals surface area contributed by atoms with Gasteiger partial charge in [0.05, 0.1) is 0 Å². The second-order valence-electron chi connectivity index (χ2n) is 4.18. The summed E-state index contributed by atoms with van der Waals surface area (Å²) < 4.78 is 0. The Bertz CT molecular complexity index is 259. The van der Waals surface area contributed by atoms with Crippen LogP contribution in [0.3, 0.4) is 0 Å². The zero-order valence-corrected chi connectivity index (χ0v) is 10.6. The Labute approximate surface area is 99.7 Å². The minimum absolute atomic E-state index is 1.08. The van der Waals surface area contributed by atoms with Crippen LogP contribution in [-0.2, 0) is 6.42 Å². The number of hydrogen-bond donors (Lipinski definition) is 1. The van der Waals surface area contributed by atoms with Gasteiger partial charge in [-0.15, -0.1) is 0 Å². The second-order valence-corrected chi connectivity index (χ2v) is 4.18. The Morgan fingerprint density at radius 2 is 1.81 bits per heavy atom. The Morgan fingerprint density at radius 1 is 1.06 bits per heavy atom. The summed E-state index contributed by atoms with van der Waals surface area (Å²) in [5.41, 5.74) is 1.44. The van der Waals surface area contributed by atoms with E-state index in [9.17, 15) is 0 Å². The van der Waals surface area contributed by atoms with Crippen molar-refractivity contribution in [3.8, 4) is 0 Å². The summed E-state index contributed by atoms with van der Waals surface area (Å²) in [6.45, 7) is 6.84. The fraction of sp³-hybridized carbons (Fsp3) is 0.571. The normalized spacial score (nSPS) is 10.9. The van der Waals surface area contributed by atoms with Crippen LogP contribution in [0.2, 0.25) is 0 Å². The van der Waals surface area contributed by atoms with Crippen molar-refractivity contribution in [2.75, 3.05) is 33.2 Å². The summed E-state index contributed by atoms with van der Waals surface area (Å²) in [5, 5.41) is 3.21. The molecular weight excluding hydrogens is 196 g/mol. The van der Waals surface area contributed by atoms with Crippen molar-refractivity contribution in [2.24, 2.45) is 0 Å². The predicted molar refractivity (Wildman–Crippen MR) is 70.8 cm³/mol. The number of rotatable bonds is 8. The van der Waals surface area contributed by atoms with Crippen molar-refractivity contribution in [3.63, 3.8) is 0 Å². The summed E-state index contributed by atoms with van der Waals surface area (Å²) >= 11 is 0. The molecule has 2 heteroatoms. The summed E-state index contributed by atoms with van der Waals surface area (Å²) in [7, 11) is 2.02. The zero-order chi connectivity index (χ0) is 11.6. The molecule has 0 radical (unpaired) electrons. The fourth-order valence-electron chi connectivity index (χ4n) is 1.85. The van der Waals surface area contributed by atoms with Gasteiger partial charge in [0.2, 0.25) is 0 Å². The zero-order valence-electron chi connectivity index (χ0n) is 10.6. The van der Waals surface area contributed by atoms with Crippen molar-refractivity contribution < 1.29 is 0 Å². The van der Waals surface area contributed by atoms with E-state index in [1.165, 1.54) is 25.1 Å². The SMILES string of the molecule is CCCN(CCNC)CCc1ccccc1. The van der Waals surface area contributed by atoms with E-state index < -0.39 is 0 Å². The van der Waals surface area contributed by atoms with Crippen molar-refractivity contribution in [1.29, 1.82) is 0 Å². The molecule has 0 saturated carbocycles. The lowest BCUT2D eigenvalue weighted by molar-refractivity contribution is 0.279. The van der Waals surface area contributed by atoms with E-state index >= 15 is 0 Å². The molecule has 2 nitrogen and oxygen atoms in total. The number of hydrogen-bond acceptors (Lipinski definition) is 2. The lowest BCUT2D eigenvalue weighted by atomic mass is 10.1. The van der Waals surface area contributed by atoms with Gasteiger partial charge < -0.3 is 10.2 Å². The standard InChI is InChI=1S/C14H24N2/c1-3-11-16(13-10-15-2)12-9-14-7-5-4-6-8-14/h4-8,15H,3,9-13H2,1-2H3. The van der Waals surface area contributed by atoms with Gasteiger partial charge in [0, 0.05) is 19.6 Å². The summed E-state index contributed by atoms with van der Waals surface area (Å²) in [6, 6.07) is 10.7. The highest BCUT2D eigenvalue weighted by Crippen LogP contribution is 2.01. The van der Waals surface area contributed by atoms with Gasteiger partial charge in [-0.3, -0.25) is 0 Å². The molecule has 0 fully saturated rings. The Morgan fingerprint density at radius 3 is 2.44 bits per heavy atom. The van der Waals surface area contributed by atoms with E-state index in [-0.39, 0.29) is 0 Å². The quantitative estimate of drug-likeness (QED) is 0.722. The Kier molecular flexibility index (Phi) is 6.86. The number of nitrogens with zero attached hydrogens (tertiary/aromatic N) is 1. The third kappa shape index (κ3) is 5.29. The van der Waals surface area contributed by atoms with Gasteiger partial charge >= 0.3 is 0 Å². The maximum absolute atomic E-state index is 3.21.